The fourth-order valence-corrected chi connectivity index (χ4v) is 2.44. The number of halogens is 1. The van der Waals surface area contributed by atoms with Gasteiger partial charge in [0.25, 0.3) is 0 Å². The molecular weight excluding hydrogens is 319 g/mol. The lowest BCUT2D eigenvalue weighted by atomic mass is 10.3. The van der Waals surface area contributed by atoms with E-state index in [0.717, 1.165) is 14.9 Å². The second-order valence-corrected chi connectivity index (χ2v) is 4.74. The number of hydrogen-bond acceptors (Lipinski definition) is 3. The Morgan fingerprint density at radius 2 is 2.31 bits per heavy atom. The number of aromatic nitrogens is 2. The van der Waals surface area contributed by atoms with Crippen LogP contribution in [0.4, 0.5) is 0 Å². The maximum Gasteiger partial charge on any atom is 0.311 e. The van der Waals surface area contributed by atoms with E-state index in [-0.39, 0.29) is 12.4 Å². The van der Waals surface area contributed by atoms with E-state index in [1.165, 1.54) is 12.7 Å². The minimum absolute atomic E-state index is 0.216. The minimum Gasteiger partial charge on any atom is -0.469 e. The summed E-state index contributed by atoms with van der Waals surface area (Å²) in [5, 5.41) is 0. The van der Waals surface area contributed by atoms with Gasteiger partial charge in [-0.3, -0.25) is 4.79 Å². The molecule has 84 valence electrons. The van der Waals surface area contributed by atoms with E-state index in [2.05, 4.69) is 38.4 Å². The van der Waals surface area contributed by atoms with Crippen LogP contribution in [0.3, 0.4) is 0 Å². The monoisotopic (exact) mass is 330 g/mol. The van der Waals surface area contributed by atoms with E-state index in [1.54, 1.807) is 0 Å². The predicted molar refractivity (Wildman–Crippen MR) is 68.4 cm³/mol. The number of methoxy groups -OCH3 is 1. The van der Waals surface area contributed by atoms with Crippen LogP contribution in [0.1, 0.15) is 11.3 Å². The highest BCUT2D eigenvalue weighted by atomic mass is 127. The lowest BCUT2D eigenvalue weighted by Gasteiger charge is -1.97. The Hall–Kier alpha value is -1.11. The van der Waals surface area contributed by atoms with Crippen LogP contribution in [0.25, 0.3) is 5.65 Å². The van der Waals surface area contributed by atoms with Crippen LogP contribution in [-0.4, -0.2) is 22.5 Å². The summed E-state index contributed by atoms with van der Waals surface area (Å²) in [6, 6.07) is 2.06. The van der Waals surface area contributed by atoms with Gasteiger partial charge in [0, 0.05) is 12.4 Å². The molecule has 16 heavy (non-hydrogen) atoms. The number of carbonyl (C=O) groups excluding carboxylic acids is 1. The number of esters is 1. The summed E-state index contributed by atoms with van der Waals surface area (Å²) in [4.78, 5) is 15.5. The van der Waals surface area contributed by atoms with Crippen molar-refractivity contribution in [2.24, 2.45) is 0 Å². The van der Waals surface area contributed by atoms with Crippen molar-refractivity contribution in [1.82, 2.24) is 9.38 Å². The largest absolute Gasteiger partial charge is 0.469 e. The van der Waals surface area contributed by atoms with E-state index >= 15 is 0 Å². The SMILES string of the molecule is COC(=O)Cc1cn2cc(C)cc(I)c2n1. The Bertz CT molecular complexity index is 548. The summed E-state index contributed by atoms with van der Waals surface area (Å²) in [5.41, 5.74) is 2.78. The first-order valence-electron chi connectivity index (χ1n) is 4.80. The molecule has 2 aromatic heterocycles. The molecule has 0 saturated heterocycles. The fraction of sp³-hybridized carbons (Fsp3) is 0.273. The number of fused-ring (bicyclic) bond motifs is 1. The first-order valence-corrected chi connectivity index (χ1v) is 5.88. The zero-order valence-corrected chi connectivity index (χ0v) is 11.2. The van der Waals surface area contributed by atoms with E-state index < -0.39 is 0 Å². The van der Waals surface area contributed by atoms with Crippen molar-refractivity contribution in [3.05, 3.63) is 33.3 Å². The van der Waals surface area contributed by atoms with E-state index in [9.17, 15) is 4.79 Å². The molecule has 0 bridgehead atoms. The van der Waals surface area contributed by atoms with Gasteiger partial charge < -0.3 is 9.14 Å². The number of imidazole rings is 1. The molecule has 0 aliphatic heterocycles. The van der Waals surface area contributed by atoms with Crippen molar-refractivity contribution >= 4 is 34.2 Å². The molecule has 0 spiro atoms. The highest BCUT2D eigenvalue weighted by Gasteiger charge is 2.09. The third-order valence-corrected chi connectivity index (χ3v) is 3.04. The van der Waals surface area contributed by atoms with Crippen molar-refractivity contribution in [2.45, 2.75) is 13.3 Å². The lowest BCUT2D eigenvalue weighted by molar-refractivity contribution is -0.139. The van der Waals surface area contributed by atoms with Crippen molar-refractivity contribution in [3.8, 4) is 0 Å². The molecule has 0 radical (unpaired) electrons. The van der Waals surface area contributed by atoms with Crippen LogP contribution in [0.5, 0.6) is 0 Å². The van der Waals surface area contributed by atoms with Gasteiger partial charge in [-0.15, -0.1) is 0 Å². The van der Waals surface area contributed by atoms with Crippen molar-refractivity contribution in [2.75, 3.05) is 7.11 Å². The van der Waals surface area contributed by atoms with Crippen LogP contribution in [0, 0.1) is 10.5 Å². The van der Waals surface area contributed by atoms with Gasteiger partial charge in [0.05, 0.1) is 22.8 Å². The van der Waals surface area contributed by atoms with Crippen molar-refractivity contribution in [3.63, 3.8) is 0 Å². The van der Waals surface area contributed by atoms with Gasteiger partial charge in [-0.2, -0.15) is 0 Å². The van der Waals surface area contributed by atoms with E-state index in [1.807, 2.05) is 23.7 Å². The maximum absolute atomic E-state index is 11.1. The summed E-state index contributed by atoms with van der Waals surface area (Å²) >= 11 is 2.24. The van der Waals surface area contributed by atoms with Gasteiger partial charge >= 0.3 is 5.97 Å². The Balaban J connectivity index is 2.44. The summed E-state index contributed by atoms with van der Waals surface area (Å²) in [7, 11) is 1.38. The summed E-state index contributed by atoms with van der Waals surface area (Å²) in [6.45, 7) is 2.03. The van der Waals surface area contributed by atoms with Crippen LogP contribution in [0.15, 0.2) is 18.5 Å². The molecule has 0 atom stereocenters. The van der Waals surface area contributed by atoms with Crippen LogP contribution in [-0.2, 0) is 16.0 Å². The molecule has 0 amide bonds. The molecule has 0 saturated carbocycles. The first kappa shape index (κ1) is 11.4. The number of ether oxygens (including phenoxy) is 1. The predicted octanol–water partition coefficient (Wildman–Crippen LogP) is 1.96. The quantitative estimate of drug-likeness (QED) is 0.625. The average molecular weight is 330 g/mol. The molecule has 2 rings (SSSR count). The third kappa shape index (κ3) is 2.18. The fourth-order valence-electron chi connectivity index (χ4n) is 1.55. The first-order chi connectivity index (χ1) is 7.60. The molecule has 0 unspecified atom stereocenters. The molecule has 4 nitrogen and oxygen atoms in total. The Labute approximate surface area is 107 Å². The minimum atomic E-state index is -0.268. The Kier molecular flexibility index (Phi) is 3.13. The highest BCUT2D eigenvalue weighted by molar-refractivity contribution is 14.1. The molecule has 2 heterocycles. The molecule has 2 aromatic rings. The van der Waals surface area contributed by atoms with Gasteiger partial charge in [0.2, 0.25) is 0 Å². The van der Waals surface area contributed by atoms with Crippen molar-refractivity contribution in [1.29, 1.82) is 0 Å². The number of aryl methyl sites for hydroxylation is 1. The molecule has 0 aliphatic rings. The number of rotatable bonds is 2. The van der Waals surface area contributed by atoms with Gasteiger partial charge in [-0.1, -0.05) is 0 Å². The Morgan fingerprint density at radius 3 is 3.00 bits per heavy atom. The topological polar surface area (TPSA) is 43.6 Å². The zero-order valence-electron chi connectivity index (χ0n) is 9.03. The third-order valence-electron chi connectivity index (χ3n) is 2.25. The second kappa shape index (κ2) is 4.40. The van der Waals surface area contributed by atoms with Crippen molar-refractivity contribution < 1.29 is 9.53 Å². The number of carbonyl (C=O) groups is 1. The van der Waals surface area contributed by atoms with Gasteiger partial charge in [-0.25, -0.2) is 4.98 Å². The van der Waals surface area contributed by atoms with Gasteiger partial charge in [-0.05, 0) is 41.1 Å². The number of hydrogen-bond donors (Lipinski definition) is 0. The van der Waals surface area contributed by atoms with E-state index in [4.69, 9.17) is 0 Å². The summed E-state index contributed by atoms with van der Waals surface area (Å²) in [6.07, 6.45) is 4.07. The smallest absolute Gasteiger partial charge is 0.311 e. The zero-order chi connectivity index (χ0) is 11.7. The standard InChI is InChI=1S/C11H11IN2O2/c1-7-3-9(12)11-13-8(4-10(15)16-2)6-14(11)5-7/h3,5-6H,4H2,1-2H3. The molecule has 0 aliphatic carbocycles. The van der Waals surface area contributed by atoms with Crippen LogP contribution in [0.2, 0.25) is 0 Å². The second-order valence-electron chi connectivity index (χ2n) is 3.58. The highest BCUT2D eigenvalue weighted by Crippen LogP contribution is 2.16. The van der Waals surface area contributed by atoms with Crippen LogP contribution < -0.4 is 0 Å². The maximum atomic E-state index is 11.1. The summed E-state index contributed by atoms with van der Waals surface area (Å²) in [5.74, 6) is -0.268. The summed E-state index contributed by atoms with van der Waals surface area (Å²) < 4.78 is 7.63. The molecule has 0 N–H and O–H groups in total. The molecular formula is C11H11IN2O2. The average Bonchev–Trinajstić information content (AvgIpc) is 2.60. The lowest BCUT2D eigenvalue weighted by Crippen LogP contribution is -2.04. The normalized spacial score (nSPS) is 10.7. The number of nitrogens with zero attached hydrogens (tertiary/aromatic N) is 2. The van der Waals surface area contributed by atoms with Gasteiger partial charge in [0.15, 0.2) is 5.65 Å². The van der Waals surface area contributed by atoms with Crippen LogP contribution >= 0.6 is 22.6 Å². The molecule has 0 fully saturated rings. The Morgan fingerprint density at radius 1 is 1.56 bits per heavy atom. The van der Waals surface area contributed by atoms with Gasteiger partial charge in [0.1, 0.15) is 0 Å². The molecule has 0 aromatic carbocycles. The molecule has 5 heteroatoms. The number of pyridine rings is 1. The van der Waals surface area contributed by atoms with E-state index in [0.29, 0.717) is 0 Å².